The average Bonchev–Trinajstić information content (AvgIpc) is 3.26. The lowest BCUT2D eigenvalue weighted by atomic mass is 10.1. The van der Waals surface area contributed by atoms with Gasteiger partial charge in [0.2, 0.25) is 5.76 Å². The molecule has 0 atom stereocenters. The first-order valence-electron chi connectivity index (χ1n) is 8.53. The molecule has 1 saturated heterocycles. The maximum Gasteiger partial charge on any atom is 0.372 e. The number of para-hydroxylation sites is 1. The molecule has 0 amide bonds. The van der Waals surface area contributed by atoms with Crippen molar-refractivity contribution in [2.24, 2.45) is 0 Å². The van der Waals surface area contributed by atoms with Crippen molar-refractivity contribution in [3.8, 4) is 0 Å². The number of furan rings is 1. The minimum absolute atomic E-state index is 0.0679. The Labute approximate surface area is 149 Å². The fraction of sp³-hybridized carbons (Fsp3) is 0.389. The summed E-state index contributed by atoms with van der Waals surface area (Å²) < 4.78 is 18.2. The van der Waals surface area contributed by atoms with Gasteiger partial charge in [0, 0.05) is 24.2 Å². The van der Waals surface area contributed by atoms with Crippen LogP contribution in [0.15, 0.2) is 34.9 Å². The van der Waals surface area contributed by atoms with Gasteiger partial charge in [-0.05, 0) is 18.9 Å². The lowest BCUT2D eigenvalue weighted by Crippen LogP contribution is -2.23. The van der Waals surface area contributed by atoms with Crippen LogP contribution in [0.5, 0.6) is 0 Å². The average molecular weight is 357 g/mol. The maximum atomic E-state index is 11.5. The van der Waals surface area contributed by atoms with Crippen LogP contribution in [0.4, 0.5) is 0 Å². The fourth-order valence-corrected chi connectivity index (χ4v) is 3.12. The topological polar surface area (TPSA) is 99.6 Å². The summed E-state index contributed by atoms with van der Waals surface area (Å²) in [7, 11) is 0. The van der Waals surface area contributed by atoms with Crippen LogP contribution in [0.2, 0.25) is 0 Å². The van der Waals surface area contributed by atoms with Crippen LogP contribution in [0.1, 0.15) is 34.7 Å². The van der Waals surface area contributed by atoms with Gasteiger partial charge in [0.05, 0.1) is 25.5 Å². The summed E-state index contributed by atoms with van der Waals surface area (Å²) in [4.78, 5) is 11.5. The van der Waals surface area contributed by atoms with E-state index in [2.05, 4.69) is 10.3 Å². The highest BCUT2D eigenvalue weighted by Gasteiger charge is 2.21. The second kappa shape index (κ2) is 7.27. The number of benzene rings is 1. The van der Waals surface area contributed by atoms with Gasteiger partial charge in [-0.2, -0.15) is 0 Å². The zero-order valence-corrected chi connectivity index (χ0v) is 14.1. The molecule has 2 aromatic heterocycles. The zero-order chi connectivity index (χ0) is 17.9. The summed E-state index contributed by atoms with van der Waals surface area (Å²) in [5.74, 6) is -1.17. The van der Waals surface area contributed by atoms with E-state index < -0.39 is 5.97 Å². The monoisotopic (exact) mass is 357 g/mol. The molecule has 26 heavy (non-hydrogen) atoms. The molecule has 8 nitrogen and oxygen atoms in total. The molecule has 0 saturated carbocycles. The van der Waals surface area contributed by atoms with E-state index >= 15 is 0 Å². The summed E-state index contributed by atoms with van der Waals surface area (Å²) in [5.41, 5.74) is 1.83. The van der Waals surface area contributed by atoms with Crippen molar-refractivity contribution in [2.45, 2.75) is 32.1 Å². The molecular weight excluding hydrogens is 338 g/mol. The summed E-state index contributed by atoms with van der Waals surface area (Å²) in [6.45, 7) is 2.09. The van der Waals surface area contributed by atoms with Crippen molar-refractivity contribution in [1.29, 1.82) is 0 Å². The predicted molar refractivity (Wildman–Crippen MR) is 90.9 cm³/mol. The molecule has 136 valence electrons. The smallest absolute Gasteiger partial charge is 0.372 e. The fourth-order valence-electron chi connectivity index (χ4n) is 3.12. The number of carboxylic acid groups (broad SMARTS) is 1. The van der Waals surface area contributed by atoms with E-state index in [4.69, 9.17) is 13.9 Å². The first-order valence-corrected chi connectivity index (χ1v) is 8.53. The normalized spacial score (nSPS) is 15.5. The Morgan fingerprint density at radius 2 is 2.12 bits per heavy atom. The van der Waals surface area contributed by atoms with Gasteiger partial charge in [-0.25, -0.2) is 9.48 Å². The van der Waals surface area contributed by atoms with Crippen LogP contribution in [-0.4, -0.2) is 45.4 Å². The Morgan fingerprint density at radius 3 is 2.92 bits per heavy atom. The number of ether oxygens (including phenoxy) is 2. The Bertz CT molecular complexity index is 911. The third kappa shape index (κ3) is 3.47. The molecule has 0 spiro atoms. The van der Waals surface area contributed by atoms with E-state index in [9.17, 15) is 9.90 Å². The minimum Gasteiger partial charge on any atom is -0.475 e. The SMILES string of the molecule is O=C(O)c1oc2ccccc2c1Cn1cc(COC2CCOCC2)nn1. The van der Waals surface area contributed by atoms with E-state index in [1.54, 1.807) is 16.9 Å². The molecule has 1 aromatic carbocycles. The van der Waals surface area contributed by atoms with Gasteiger partial charge in [-0.3, -0.25) is 0 Å². The molecule has 1 aliphatic rings. The van der Waals surface area contributed by atoms with Crippen LogP contribution >= 0.6 is 0 Å². The standard InChI is InChI=1S/C18H19N3O5/c22-18(23)17-15(14-3-1-2-4-16(14)26-17)10-21-9-12(19-20-21)11-25-13-5-7-24-8-6-13/h1-4,9,13H,5-8,10-11H2,(H,22,23). The number of nitrogens with zero attached hydrogens (tertiary/aromatic N) is 3. The summed E-state index contributed by atoms with van der Waals surface area (Å²) >= 11 is 0. The molecule has 0 bridgehead atoms. The number of fused-ring (bicyclic) bond motifs is 1. The van der Waals surface area contributed by atoms with Gasteiger partial charge in [-0.15, -0.1) is 5.10 Å². The van der Waals surface area contributed by atoms with Gasteiger partial charge in [0.25, 0.3) is 0 Å². The van der Waals surface area contributed by atoms with Crippen LogP contribution in [0.3, 0.4) is 0 Å². The molecule has 4 rings (SSSR count). The molecule has 0 radical (unpaired) electrons. The number of rotatable bonds is 6. The molecule has 8 heteroatoms. The van der Waals surface area contributed by atoms with Crippen LogP contribution in [0, 0.1) is 0 Å². The first kappa shape index (κ1) is 16.7. The van der Waals surface area contributed by atoms with E-state index in [1.165, 1.54) is 0 Å². The predicted octanol–water partition coefficient (Wildman–Crippen LogP) is 2.47. The number of carbonyl (C=O) groups is 1. The largest absolute Gasteiger partial charge is 0.475 e. The number of aromatic carboxylic acids is 1. The lowest BCUT2D eigenvalue weighted by Gasteiger charge is -2.21. The van der Waals surface area contributed by atoms with E-state index in [0.29, 0.717) is 23.4 Å². The van der Waals surface area contributed by atoms with Crippen LogP contribution < -0.4 is 0 Å². The van der Waals surface area contributed by atoms with Gasteiger partial charge < -0.3 is 19.0 Å². The van der Waals surface area contributed by atoms with E-state index in [0.717, 1.165) is 31.4 Å². The number of hydrogen-bond donors (Lipinski definition) is 1. The van der Waals surface area contributed by atoms with Gasteiger partial charge in [-0.1, -0.05) is 23.4 Å². The van der Waals surface area contributed by atoms with Gasteiger partial charge in [0.1, 0.15) is 11.3 Å². The molecule has 1 fully saturated rings. The van der Waals surface area contributed by atoms with Crippen LogP contribution in [-0.2, 0) is 22.6 Å². The highest BCUT2D eigenvalue weighted by atomic mass is 16.5. The second-order valence-electron chi connectivity index (χ2n) is 6.24. The Kier molecular flexibility index (Phi) is 4.68. The Hall–Kier alpha value is -2.71. The second-order valence-corrected chi connectivity index (χ2v) is 6.24. The van der Waals surface area contributed by atoms with E-state index in [1.807, 2.05) is 18.2 Å². The molecular formula is C18H19N3O5. The number of aromatic nitrogens is 3. The van der Waals surface area contributed by atoms with Crippen molar-refractivity contribution in [1.82, 2.24) is 15.0 Å². The molecule has 3 aromatic rings. The minimum atomic E-state index is -1.10. The zero-order valence-electron chi connectivity index (χ0n) is 14.1. The summed E-state index contributed by atoms with van der Waals surface area (Å²) in [6, 6.07) is 7.25. The van der Waals surface area contributed by atoms with Crippen molar-refractivity contribution < 1.29 is 23.8 Å². The highest BCUT2D eigenvalue weighted by Crippen LogP contribution is 2.26. The number of hydrogen-bond acceptors (Lipinski definition) is 6. The lowest BCUT2D eigenvalue weighted by molar-refractivity contribution is -0.0399. The summed E-state index contributed by atoms with van der Waals surface area (Å²) in [6.07, 6.45) is 3.73. The van der Waals surface area contributed by atoms with Gasteiger partial charge >= 0.3 is 5.97 Å². The number of carboxylic acids is 1. The van der Waals surface area contributed by atoms with Crippen molar-refractivity contribution >= 4 is 16.9 Å². The molecule has 1 N–H and O–H groups in total. The van der Waals surface area contributed by atoms with Crippen molar-refractivity contribution in [3.63, 3.8) is 0 Å². The summed E-state index contributed by atoms with van der Waals surface area (Å²) in [5, 5.41) is 18.4. The Balaban J connectivity index is 1.49. The first-order chi connectivity index (χ1) is 12.7. The molecule has 3 heterocycles. The van der Waals surface area contributed by atoms with E-state index in [-0.39, 0.29) is 18.4 Å². The molecule has 1 aliphatic heterocycles. The third-order valence-electron chi connectivity index (χ3n) is 4.43. The quantitative estimate of drug-likeness (QED) is 0.723. The van der Waals surface area contributed by atoms with Crippen LogP contribution in [0.25, 0.3) is 11.0 Å². The molecule has 0 aliphatic carbocycles. The van der Waals surface area contributed by atoms with Gasteiger partial charge in [0.15, 0.2) is 0 Å². The Morgan fingerprint density at radius 1 is 1.31 bits per heavy atom. The van der Waals surface area contributed by atoms with Crippen molar-refractivity contribution in [3.05, 3.63) is 47.5 Å². The van der Waals surface area contributed by atoms with Crippen molar-refractivity contribution in [2.75, 3.05) is 13.2 Å². The maximum absolute atomic E-state index is 11.5. The molecule has 0 unspecified atom stereocenters. The third-order valence-corrected chi connectivity index (χ3v) is 4.43. The highest BCUT2D eigenvalue weighted by molar-refractivity contribution is 5.95.